The molecule has 188 valence electrons. The lowest BCUT2D eigenvalue weighted by Crippen LogP contribution is -2.30. The number of phenolic OH excluding ortho intramolecular Hbond substituents is 1. The number of ether oxygens (including phenoxy) is 2. The van der Waals surface area contributed by atoms with Gasteiger partial charge in [-0.2, -0.15) is 0 Å². The number of aromatic amines is 1. The minimum absolute atomic E-state index is 0.000177. The average molecular weight is 540 g/mol. The zero-order chi connectivity index (χ0) is 26.4. The second-order valence-corrected chi connectivity index (χ2v) is 8.91. The van der Waals surface area contributed by atoms with Crippen LogP contribution < -0.4 is 14.4 Å². The van der Waals surface area contributed by atoms with Crippen molar-refractivity contribution in [1.29, 1.82) is 0 Å². The van der Waals surface area contributed by atoms with E-state index in [2.05, 4.69) is 9.97 Å². The number of anilines is 1. The lowest BCUT2D eigenvalue weighted by molar-refractivity contribution is -0.132. The molecule has 5 rings (SSSR count). The third kappa shape index (κ3) is 3.92. The molecule has 0 bridgehead atoms. The van der Waals surface area contributed by atoms with E-state index in [4.69, 9.17) is 32.7 Å². The van der Waals surface area contributed by atoms with Crippen molar-refractivity contribution in [1.82, 2.24) is 9.97 Å². The van der Waals surface area contributed by atoms with E-state index in [1.54, 1.807) is 36.4 Å². The molecule has 37 heavy (non-hydrogen) atoms. The number of hydrogen-bond donors (Lipinski definition) is 3. The third-order valence-electron chi connectivity index (χ3n) is 6.05. The maximum absolute atomic E-state index is 13.4. The number of rotatable bonds is 5. The number of aliphatic hydroxyl groups excluding tert-OH is 1. The molecule has 1 aliphatic rings. The number of imidazole rings is 1. The molecule has 4 aromatic rings. The van der Waals surface area contributed by atoms with Crippen LogP contribution in [0.5, 0.6) is 17.2 Å². The van der Waals surface area contributed by atoms with Crippen molar-refractivity contribution in [3.05, 3.63) is 81.3 Å². The highest BCUT2D eigenvalue weighted by Gasteiger charge is 2.48. The molecule has 0 aliphatic carbocycles. The van der Waals surface area contributed by atoms with Crippen LogP contribution in [0, 0.1) is 0 Å². The summed E-state index contributed by atoms with van der Waals surface area (Å²) in [6.07, 6.45) is 0. The number of nitrogens with one attached hydrogen (secondary N) is 1. The van der Waals surface area contributed by atoms with E-state index in [-0.39, 0.29) is 44.4 Å². The highest BCUT2D eigenvalue weighted by Crippen LogP contribution is 2.48. The summed E-state index contributed by atoms with van der Waals surface area (Å²) >= 11 is 12.7. The molecule has 11 heteroatoms. The Balaban J connectivity index is 1.78. The van der Waals surface area contributed by atoms with E-state index in [1.807, 2.05) is 0 Å². The van der Waals surface area contributed by atoms with E-state index < -0.39 is 23.5 Å². The van der Waals surface area contributed by atoms with Gasteiger partial charge >= 0.3 is 5.91 Å². The summed E-state index contributed by atoms with van der Waals surface area (Å²) in [6.45, 7) is 0. The second kappa shape index (κ2) is 9.34. The Morgan fingerprint density at radius 2 is 1.70 bits per heavy atom. The zero-order valence-electron chi connectivity index (χ0n) is 19.5. The monoisotopic (exact) mass is 539 g/mol. The number of phenols is 1. The standard InChI is InChI=1S/C26H19Cl2N3O6/c1-36-23-14(11-15(27)24(37-2)19(23)28)21(33)18-20(12-7-9-13(32)10-8-12)31(25(35)22(18)34)26-29-16-5-3-4-6-17(16)30-26/h3-11,20,32-33H,1-2H3,(H,29,30)/b21-18+. The van der Waals surface area contributed by atoms with Gasteiger partial charge < -0.3 is 24.7 Å². The van der Waals surface area contributed by atoms with Crippen molar-refractivity contribution in [3.63, 3.8) is 0 Å². The number of aromatic nitrogens is 2. The second-order valence-electron chi connectivity index (χ2n) is 8.12. The zero-order valence-corrected chi connectivity index (χ0v) is 21.0. The van der Waals surface area contributed by atoms with Crippen LogP contribution in [0.4, 0.5) is 5.95 Å². The normalized spacial score (nSPS) is 17.0. The number of para-hydroxylation sites is 2. The molecule has 3 aromatic carbocycles. The fourth-order valence-corrected chi connectivity index (χ4v) is 5.06. The number of H-pyrrole nitrogens is 1. The number of ketones is 1. The molecular formula is C26H19Cl2N3O6. The number of amides is 1. The molecule has 3 N–H and O–H groups in total. The Labute approximate surface area is 220 Å². The summed E-state index contributed by atoms with van der Waals surface area (Å²) in [4.78, 5) is 35.5. The van der Waals surface area contributed by atoms with E-state index in [0.717, 1.165) is 0 Å². The number of aromatic hydroxyl groups is 1. The number of hydrogen-bond acceptors (Lipinski definition) is 7. The smallest absolute Gasteiger partial charge is 0.302 e. The van der Waals surface area contributed by atoms with Crippen LogP contribution in [0.1, 0.15) is 17.2 Å². The van der Waals surface area contributed by atoms with Crippen LogP contribution in [0.15, 0.2) is 60.2 Å². The lowest BCUT2D eigenvalue weighted by atomic mass is 9.95. The van der Waals surface area contributed by atoms with Crippen LogP contribution in [0.2, 0.25) is 10.0 Å². The van der Waals surface area contributed by atoms with Crippen molar-refractivity contribution >= 4 is 57.6 Å². The van der Waals surface area contributed by atoms with Crippen LogP contribution in [-0.4, -0.2) is 46.1 Å². The Morgan fingerprint density at radius 1 is 1.03 bits per heavy atom. The minimum atomic E-state index is -1.11. The van der Waals surface area contributed by atoms with Gasteiger partial charge in [-0.05, 0) is 35.9 Å². The van der Waals surface area contributed by atoms with Gasteiger partial charge in [0, 0.05) is 0 Å². The van der Waals surface area contributed by atoms with Gasteiger partial charge in [0.15, 0.2) is 11.5 Å². The third-order valence-corrected chi connectivity index (χ3v) is 6.68. The van der Waals surface area contributed by atoms with Gasteiger partial charge in [0.2, 0.25) is 5.95 Å². The molecule has 1 unspecified atom stereocenters. The predicted molar refractivity (Wildman–Crippen MR) is 139 cm³/mol. The number of fused-ring (bicyclic) bond motifs is 1. The number of Topliss-reactive ketones (excluding diaryl/α,β-unsaturated/α-hetero) is 1. The highest BCUT2D eigenvalue weighted by molar-refractivity contribution is 6.51. The molecule has 0 spiro atoms. The fourth-order valence-electron chi connectivity index (χ4n) is 4.37. The quantitative estimate of drug-likeness (QED) is 0.180. The number of nitrogens with zero attached hydrogens (tertiary/aromatic N) is 2. The number of halogens is 2. The maximum Gasteiger partial charge on any atom is 0.302 e. The molecule has 0 saturated carbocycles. The SMILES string of the molecule is COc1c(Cl)cc(/C(O)=C2\C(=O)C(=O)N(c3nc4ccccc4[nH]3)C2c2ccc(O)cc2)c(OC)c1Cl. The largest absolute Gasteiger partial charge is 0.508 e. The van der Waals surface area contributed by atoms with Gasteiger partial charge in [-0.3, -0.25) is 14.5 Å². The average Bonchev–Trinajstić information content (AvgIpc) is 3.42. The van der Waals surface area contributed by atoms with Crippen LogP contribution >= 0.6 is 23.2 Å². The van der Waals surface area contributed by atoms with Crippen molar-refractivity contribution < 1.29 is 29.3 Å². The van der Waals surface area contributed by atoms with E-state index in [9.17, 15) is 19.8 Å². The molecule has 1 aliphatic heterocycles. The first kappa shape index (κ1) is 24.5. The summed E-state index contributed by atoms with van der Waals surface area (Å²) in [5.41, 5.74) is 1.42. The highest BCUT2D eigenvalue weighted by atomic mass is 35.5. The molecule has 2 heterocycles. The molecule has 0 radical (unpaired) electrons. The van der Waals surface area contributed by atoms with Gasteiger partial charge in [-0.15, -0.1) is 0 Å². The number of carbonyl (C=O) groups is 2. The molecule has 1 aromatic heterocycles. The molecule has 1 saturated heterocycles. The van der Waals surface area contributed by atoms with Crippen molar-refractivity contribution in [2.24, 2.45) is 0 Å². The fraction of sp³-hybridized carbons (Fsp3) is 0.115. The van der Waals surface area contributed by atoms with Crippen molar-refractivity contribution in [2.45, 2.75) is 6.04 Å². The number of aliphatic hydroxyl groups is 1. The molecule has 1 fully saturated rings. The van der Waals surface area contributed by atoms with Gasteiger partial charge in [0.05, 0.1) is 47.5 Å². The Kier molecular flexibility index (Phi) is 6.18. The van der Waals surface area contributed by atoms with E-state index in [0.29, 0.717) is 16.6 Å². The molecule has 9 nitrogen and oxygen atoms in total. The van der Waals surface area contributed by atoms with E-state index >= 15 is 0 Å². The van der Waals surface area contributed by atoms with Gasteiger partial charge in [0.1, 0.15) is 16.5 Å². The van der Waals surface area contributed by atoms with Crippen LogP contribution in [0.3, 0.4) is 0 Å². The first-order valence-electron chi connectivity index (χ1n) is 10.9. The first-order valence-corrected chi connectivity index (χ1v) is 11.7. The molecular weight excluding hydrogens is 521 g/mol. The van der Waals surface area contributed by atoms with Crippen LogP contribution in [-0.2, 0) is 9.59 Å². The van der Waals surface area contributed by atoms with Crippen molar-refractivity contribution in [3.8, 4) is 17.2 Å². The van der Waals surface area contributed by atoms with E-state index in [1.165, 1.54) is 37.3 Å². The number of carbonyl (C=O) groups excluding carboxylic acids is 2. The summed E-state index contributed by atoms with van der Waals surface area (Å²) in [5, 5.41) is 21.4. The van der Waals surface area contributed by atoms with Crippen LogP contribution in [0.25, 0.3) is 16.8 Å². The minimum Gasteiger partial charge on any atom is -0.508 e. The maximum atomic E-state index is 13.4. The number of methoxy groups -OCH3 is 2. The Hall–Kier alpha value is -4.21. The summed E-state index contributed by atoms with van der Waals surface area (Å²) in [7, 11) is 2.70. The Morgan fingerprint density at radius 3 is 2.35 bits per heavy atom. The summed E-state index contributed by atoms with van der Waals surface area (Å²) in [5.74, 6) is -2.21. The first-order chi connectivity index (χ1) is 17.8. The Bertz CT molecular complexity index is 1560. The molecule has 1 atom stereocenters. The summed E-state index contributed by atoms with van der Waals surface area (Å²) in [6, 6.07) is 13.3. The van der Waals surface area contributed by atoms with Gasteiger partial charge in [-0.25, -0.2) is 4.98 Å². The lowest BCUT2D eigenvalue weighted by Gasteiger charge is -2.23. The summed E-state index contributed by atoms with van der Waals surface area (Å²) < 4.78 is 10.6. The van der Waals surface area contributed by atoms with Crippen molar-refractivity contribution in [2.75, 3.05) is 19.1 Å². The molecule has 1 amide bonds. The number of benzene rings is 3. The van der Waals surface area contributed by atoms with Gasteiger partial charge in [0.25, 0.3) is 5.78 Å². The predicted octanol–water partition coefficient (Wildman–Crippen LogP) is 5.22. The topological polar surface area (TPSA) is 125 Å². The van der Waals surface area contributed by atoms with Gasteiger partial charge in [-0.1, -0.05) is 47.5 Å².